The Morgan fingerprint density at radius 1 is 0.653 bits per heavy atom. The van der Waals surface area contributed by atoms with Crippen molar-refractivity contribution in [2.45, 2.75) is 220 Å². The van der Waals surface area contributed by atoms with E-state index < -0.39 is 17.2 Å². The van der Waals surface area contributed by atoms with Crippen LogP contribution in [0.2, 0.25) is 0 Å². The zero-order chi connectivity index (χ0) is 50.8. The van der Waals surface area contributed by atoms with Crippen molar-refractivity contribution in [1.82, 2.24) is 0 Å². The number of thioether (sulfide) groups is 1. The Morgan fingerprint density at radius 2 is 1.18 bits per heavy atom. The number of benzene rings is 3. The standard InChI is InChI=1S/C44H71NOS.C20H23NO4/c1-3-5-7-9-11-13-15-17-19-21-23-28-36-45(37-29-24-22-20-18-16-14-12-10-8-6-4-2)42-34-32-41(33-35-42)44-43(46-38-39-47-44)40-30-26-25-27-31-40;1-20(2,3)25-19(23)15-11-13-10-12-6-4-8-21-9-5-7-14(16(12)21)17(13)24-18(15)22/h25-27,30-35H,3-24,28-29,36-39H2,1-2H3;10-11H,4-9H2,1-3H3. The summed E-state index contributed by atoms with van der Waals surface area (Å²) in [5.41, 5.74) is 6.84. The molecular weight excluding hydrogens is 909 g/mol. The average Bonchev–Trinajstić information content (AvgIpc) is 3.39. The van der Waals surface area contributed by atoms with Crippen molar-refractivity contribution in [3.8, 4) is 0 Å². The molecule has 0 saturated heterocycles. The summed E-state index contributed by atoms with van der Waals surface area (Å²) in [5, 5.41) is 0.818. The summed E-state index contributed by atoms with van der Waals surface area (Å²) in [5.74, 6) is 1.42. The highest BCUT2D eigenvalue weighted by atomic mass is 32.2. The minimum absolute atomic E-state index is 0.0296. The molecule has 7 nitrogen and oxygen atoms in total. The number of carbonyl (C=O) groups is 1. The first-order chi connectivity index (χ1) is 35.2. The van der Waals surface area contributed by atoms with Gasteiger partial charge in [-0.3, -0.25) is 0 Å². The number of fused-ring (bicyclic) bond motifs is 2. The third-order valence-electron chi connectivity index (χ3n) is 14.7. The van der Waals surface area contributed by atoms with Crippen LogP contribution >= 0.6 is 11.8 Å². The molecule has 0 N–H and O–H groups in total. The molecule has 0 unspecified atom stereocenters. The third kappa shape index (κ3) is 18.6. The third-order valence-corrected chi connectivity index (χ3v) is 15.8. The van der Waals surface area contributed by atoms with Crippen LogP contribution in [0, 0.1) is 0 Å². The van der Waals surface area contributed by atoms with Crippen LogP contribution in [0.3, 0.4) is 0 Å². The molecular formula is C64H94N2O5S. The fourth-order valence-electron chi connectivity index (χ4n) is 10.8. The van der Waals surface area contributed by atoms with Crippen molar-refractivity contribution in [2.24, 2.45) is 0 Å². The highest BCUT2D eigenvalue weighted by Gasteiger charge is 2.29. The van der Waals surface area contributed by atoms with E-state index in [9.17, 15) is 9.59 Å². The van der Waals surface area contributed by atoms with Gasteiger partial charge in [-0.05, 0) is 94.7 Å². The fraction of sp³-hybridized carbons (Fsp3) is 0.625. The predicted molar refractivity (Wildman–Crippen MR) is 309 cm³/mol. The Hall–Kier alpha value is -4.17. The number of nitrogens with zero attached hydrogens (tertiary/aromatic N) is 2. The van der Waals surface area contributed by atoms with Crippen LogP contribution < -0.4 is 15.4 Å². The van der Waals surface area contributed by atoms with Crippen molar-refractivity contribution < 1.29 is 18.7 Å². The van der Waals surface area contributed by atoms with Gasteiger partial charge in [-0.2, -0.15) is 0 Å². The molecule has 0 aliphatic carbocycles. The lowest BCUT2D eigenvalue weighted by Crippen LogP contribution is -2.34. The fourth-order valence-corrected chi connectivity index (χ4v) is 11.8. The van der Waals surface area contributed by atoms with Crippen molar-refractivity contribution in [2.75, 3.05) is 48.3 Å². The van der Waals surface area contributed by atoms with Crippen LogP contribution in [-0.4, -0.2) is 50.1 Å². The molecule has 7 rings (SSSR count). The number of ether oxygens (including phenoxy) is 2. The molecule has 4 heterocycles. The molecule has 3 aliphatic heterocycles. The van der Waals surface area contributed by atoms with Crippen LogP contribution in [0.4, 0.5) is 11.4 Å². The minimum atomic E-state index is -0.652. The van der Waals surface area contributed by atoms with Gasteiger partial charge >= 0.3 is 11.6 Å². The van der Waals surface area contributed by atoms with Crippen LogP contribution in [-0.2, 0) is 22.3 Å². The number of anilines is 2. The van der Waals surface area contributed by atoms with Gasteiger partial charge in [-0.15, -0.1) is 11.8 Å². The van der Waals surface area contributed by atoms with Gasteiger partial charge in [-0.25, -0.2) is 9.59 Å². The van der Waals surface area contributed by atoms with E-state index in [-0.39, 0.29) is 5.56 Å². The van der Waals surface area contributed by atoms with Crippen LogP contribution in [0.25, 0.3) is 21.6 Å². The van der Waals surface area contributed by atoms with Gasteiger partial charge in [0.1, 0.15) is 22.5 Å². The van der Waals surface area contributed by atoms with Crippen molar-refractivity contribution in [1.29, 1.82) is 0 Å². The average molecular weight is 1000 g/mol. The van der Waals surface area contributed by atoms with Crippen molar-refractivity contribution in [3.63, 3.8) is 0 Å². The lowest BCUT2D eigenvalue weighted by Gasteiger charge is -2.37. The molecule has 3 aromatic carbocycles. The van der Waals surface area contributed by atoms with E-state index in [1.165, 1.54) is 200 Å². The van der Waals surface area contributed by atoms with Gasteiger partial charge in [0.15, 0.2) is 0 Å². The molecule has 1 aromatic heterocycles. The summed E-state index contributed by atoms with van der Waals surface area (Å²) in [6, 6.07) is 23.8. The van der Waals surface area contributed by atoms with Crippen molar-refractivity contribution in [3.05, 3.63) is 105 Å². The molecule has 0 bridgehead atoms. The van der Waals surface area contributed by atoms with Crippen LogP contribution in [0.5, 0.6) is 0 Å². The van der Waals surface area contributed by atoms with E-state index in [2.05, 4.69) is 84.3 Å². The molecule has 0 spiro atoms. The molecule has 8 heteroatoms. The van der Waals surface area contributed by atoms with E-state index >= 15 is 0 Å². The van der Waals surface area contributed by atoms with E-state index in [1.54, 1.807) is 26.8 Å². The number of rotatable bonds is 30. The summed E-state index contributed by atoms with van der Waals surface area (Å²) in [6.45, 7) is 15.2. The number of hydrogen-bond acceptors (Lipinski definition) is 8. The zero-order valence-corrected chi connectivity index (χ0v) is 46.6. The summed E-state index contributed by atoms with van der Waals surface area (Å²) in [4.78, 5) is 31.1. The maximum absolute atomic E-state index is 12.4. The summed E-state index contributed by atoms with van der Waals surface area (Å²) in [6.07, 6.45) is 37.9. The zero-order valence-electron chi connectivity index (χ0n) is 45.7. The highest BCUT2D eigenvalue weighted by molar-refractivity contribution is 8.08. The normalized spacial score (nSPS) is 14.4. The van der Waals surface area contributed by atoms with E-state index in [0.717, 1.165) is 67.8 Å². The molecule has 4 aromatic rings. The second kappa shape index (κ2) is 31.5. The Morgan fingerprint density at radius 3 is 1.72 bits per heavy atom. The number of unbranched alkanes of at least 4 members (excludes halogenated alkanes) is 22. The molecule has 0 radical (unpaired) electrons. The number of aryl methyl sites for hydroxylation is 2. The van der Waals surface area contributed by atoms with Gasteiger partial charge in [0.25, 0.3) is 0 Å². The van der Waals surface area contributed by atoms with Gasteiger partial charge in [-0.1, -0.05) is 198 Å². The molecule has 396 valence electrons. The van der Waals surface area contributed by atoms with E-state index in [1.807, 2.05) is 11.8 Å². The Labute approximate surface area is 440 Å². The maximum Gasteiger partial charge on any atom is 0.351 e. The molecule has 0 saturated carbocycles. The summed E-state index contributed by atoms with van der Waals surface area (Å²) >= 11 is 1.94. The van der Waals surface area contributed by atoms with Gasteiger partial charge in [0.2, 0.25) is 0 Å². The Kier molecular flexibility index (Phi) is 25.0. The summed E-state index contributed by atoms with van der Waals surface area (Å²) in [7, 11) is 0. The van der Waals surface area contributed by atoms with E-state index in [4.69, 9.17) is 13.9 Å². The lowest BCUT2D eigenvalue weighted by molar-refractivity contribution is 0.00652. The van der Waals surface area contributed by atoms with E-state index in [0.29, 0.717) is 5.58 Å². The first kappa shape index (κ1) is 57.1. The quantitative estimate of drug-likeness (QED) is 0.0291. The minimum Gasteiger partial charge on any atom is -0.491 e. The number of carbonyl (C=O) groups excluding carboxylic acids is 1. The largest absolute Gasteiger partial charge is 0.491 e. The van der Waals surface area contributed by atoms with Crippen LogP contribution in [0.1, 0.15) is 234 Å². The summed E-state index contributed by atoms with van der Waals surface area (Å²) < 4.78 is 17.2. The molecule has 3 aliphatic rings. The van der Waals surface area contributed by atoms with Gasteiger partial charge in [0, 0.05) is 59.8 Å². The maximum atomic E-state index is 12.4. The van der Waals surface area contributed by atoms with Gasteiger partial charge in [0.05, 0.1) is 11.5 Å². The molecule has 72 heavy (non-hydrogen) atoms. The highest BCUT2D eigenvalue weighted by Crippen LogP contribution is 2.41. The number of esters is 1. The Balaban J connectivity index is 0.000000281. The predicted octanol–water partition coefficient (Wildman–Crippen LogP) is 17.9. The lowest BCUT2D eigenvalue weighted by atomic mass is 9.90. The molecule has 0 fully saturated rings. The second-order valence-corrected chi connectivity index (χ2v) is 23.1. The van der Waals surface area contributed by atoms with Gasteiger partial charge < -0.3 is 23.7 Å². The molecule has 0 amide bonds. The first-order valence-corrected chi connectivity index (χ1v) is 30.2. The monoisotopic (exact) mass is 1000 g/mol. The van der Waals surface area contributed by atoms with Crippen molar-refractivity contribution >= 4 is 50.7 Å². The smallest absolute Gasteiger partial charge is 0.351 e. The van der Waals surface area contributed by atoms with Crippen LogP contribution in [0.15, 0.2) is 75.9 Å². The molecule has 0 atom stereocenters. The Bertz CT molecular complexity index is 2250. The topological polar surface area (TPSA) is 72.2 Å². The second-order valence-electron chi connectivity index (χ2n) is 22.0. The first-order valence-electron chi connectivity index (χ1n) is 29.2. The number of hydrogen-bond donors (Lipinski definition) is 0. The SMILES string of the molecule is CC(C)(C)OC(=O)c1cc2cc3c4c(c2oc1=O)CCCN4CCC3.CCCCCCCCCCCCCCN(CCCCCCCCCCCCCC)c1ccc(C2=C(c3ccccc3)OCCS2)cc1.